The Labute approximate surface area is 119 Å². The van der Waals surface area contributed by atoms with E-state index in [2.05, 4.69) is 23.3 Å². The molecule has 98 valence electrons. The second kappa shape index (κ2) is 6.39. The SMILES string of the molecule is Cc1ccccc1N=C(CCl)Nc1ccccc1C. The number of aryl methyl sites for hydroxylation is 2. The lowest BCUT2D eigenvalue weighted by Crippen LogP contribution is -2.14. The standard InChI is InChI=1S/C16H17ClN2/c1-12-7-3-5-9-14(12)18-16(11-17)19-15-10-6-4-8-13(15)2/h3-10H,11H2,1-2H3,(H,18,19). The van der Waals surface area contributed by atoms with Gasteiger partial charge in [0.2, 0.25) is 0 Å². The molecule has 0 aliphatic rings. The summed E-state index contributed by atoms with van der Waals surface area (Å²) in [4.78, 5) is 4.59. The number of alkyl halides is 1. The maximum Gasteiger partial charge on any atom is 0.122 e. The van der Waals surface area contributed by atoms with Crippen molar-refractivity contribution in [2.45, 2.75) is 13.8 Å². The van der Waals surface area contributed by atoms with Crippen LogP contribution in [-0.2, 0) is 0 Å². The predicted octanol–water partition coefficient (Wildman–Crippen LogP) is 4.68. The first-order chi connectivity index (χ1) is 9.20. The smallest absolute Gasteiger partial charge is 0.122 e. The van der Waals surface area contributed by atoms with E-state index in [0.29, 0.717) is 5.88 Å². The number of aliphatic imine (C=N–C) groups is 1. The summed E-state index contributed by atoms with van der Waals surface area (Å²) < 4.78 is 0. The number of anilines is 1. The second-order valence-corrected chi connectivity index (χ2v) is 4.69. The van der Waals surface area contributed by atoms with Crippen molar-refractivity contribution in [1.29, 1.82) is 0 Å². The number of rotatable bonds is 3. The van der Waals surface area contributed by atoms with Gasteiger partial charge in [0.1, 0.15) is 5.84 Å². The number of halogens is 1. The lowest BCUT2D eigenvalue weighted by Gasteiger charge is -2.10. The van der Waals surface area contributed by atoms with Gasteiger partial charge in [0.25, 0.3) is 0 Å². The first kappa shape index (κ1) is 13.6. The van der Waals surface area contributed by atoms with Crippen LogP contribution in [0.15, 0.2) is 53.5 Å². The van der Waals surface area contributed by atoms with Crippen molar-refractivity contribution in [2.24, 2.45) is 4.99 Å². The maximum atomic E-state index is 5.98. The van der Waals surface area contributed by atoms with Crippen LogP contribution in [0, 0.1) is 13.8 Å². The van der Waals surface area contributed by atoms with Gasteiger partial charge in [-0.1, -0.05) is 36.4 Å². The molecule has 0 aromatic heterocycles. The van der Waals surface area contributed by atoms with E-state index in [9.17, 15) is 0 Å². The summed E-state index contributed by atoms with van der Waals surface area (Å²) in [5, 5.41) is 3.29. The summed E-state index contributed by atoms with van der Waals surface area (Å²) in [6.45, 7) is 4.10. The predicted molar refractivity (Wildman–Crippen MR) is 83.8 cm³/mol. The third-order valence-corrected chi connectivity index (χ3v) is 3.17. The number of nitrogens with zero attached hydrogens (tertiary/aromatic N) is 1. The van der Waals surface area contributed by atoms with Gasteiger partial charge in [-0.2, -0.15) is 0 Å². The van der Waals surface area contributed by atoms with Crippen molar-refractivity contribution in [3.8, 4) is 0 Å². The average molecular weight is 273 g/mol. The second-order valence-electron chi connectivity index (χ2n) is 4.42. The zero-order chi connectivity index (χ0) is 13.7. The van der Waals surface area contributed by atoms with Gasteiger partial charge in [0.05, 0.1) is 11.6 Å². The van der Waals surface area contributed by atoms with Gasteiger partial charge in [-0.3, -0.25) is 0 Å². The Hall–Kier alpha value is -1.80. The Balaban J connectivity index is 2.26. The molecule has 3 heteroatoms. The van der Waals surface area contributed by atoms with Crippen LogP contribution in [0.2, 0.25) is 0 Å². The van der Waals surface area contributed by atoms with E-state index >= 15 is 0 Å². The molecule has 0 bridgehead atoms. The molecule has 19 heavy (non-hydrogen) atoms. The van der Waals surface area contributed by atoms with E-state index in [4.69, 9.17) is 11.6 Å². The summed E-state index contributed by atoms with van der Waals surface area (Å²) in [6, 6.07) is 16.1. The zero-order valence-electron chi connectivity index (χ0n) is 11.2. The van der Waals surface area contributed by atoms with Gasteiger partial charge in [-0.05, 0) is 37.1 Å². The van der Waals surface area contributed by atoms with Gasteiger partial charge < -0.3 is 5.32 Å². The number of hydrogen-bond donors (Lipinski definition) is 1. The van der Waals surface area contributed by atoms with Gasteiger partial charge in [-0.25, -0.2) is 4.99 Å². The first-order valence-electron chi connectivity index (χ1n) is 6.22. The van der Waals surface area contributed by atoms with Crippen LogP contribution in [0.1, 0.15) is 11.1 Å². The van der Waals surface area contributed by atoms with E-state index in [-0.39, 0.29) is 0 Å². The summed E-state index contributed by atoms with van der Waals surface area (Å²) >= 11 is 5.98. The van der Waals surface area contributed by atoms with Crippen molar-refractivity contribution in [3.63, 3.8) is 0 Å². The fraction of sp³-hybridized carbons (Fsp3) is 0.188. The van der Waals surface area contributed by atoms with Crippen molar-refractivity contribution in [3.05, 3.63) is 59.7 Å². The fourth-order valence-corrected chi connectivity index (χ4v) is 1.92. The summed E-state index contributed by atoms with van der Waals surface area (Å²) in [6.07, 6.45) is 0. The molecule has 0 spiro atoms. The first-order valence-corrected chi connectivity index (χ1v) is 6.76. The van der Waals surface area contributed by atoms with E-state index in [0.717, 1.165) is 22.8 Å². The molecule has 0 atom stereocenters. The number of amidine groups is 1. The Morgan fingerprint density at radius 2 is 1.63 bits per heavy atom. The molecule has 0 saturated carbocycles. The van der Waals surface area contributed by atoms with E-state index in [1.807, 2.05) is 49.4 Å². The topological polar surface area (TPSA) is 24.4 Å². The number of para-hydroxylation sites is 2. The van der Waals surface area contributed by atoms with E-state index < -0.39 is 0 Å². The highest BCUT2D eigenvalue weighted by Gasteiger charge is 2.03. The highest BCUT2D eigenvalue weighted by Crippen LogP contribution is 2.19. The van der Waals surface area contributed by atoms with Gasteiger partial charge in [0.15, 0.2) is 0 Å². The Bertz CT molecular complexity index is 591. The Kier molecular flexibility index (Phi) is 4.58. The molecule has 1 N–H and O–H groups in total. The maximum absolute atomic E-state index is 5.98. The molecular weight excluding hydrogens is 256 g/mol. The summed E-state index contributed by atoms with van der Waals surface area (Å²) in [5.74, 6) is 1.10. The Morgan fingerprint density at radius 1 is 1.00 bits per heavy atom. The molecule has 2 aromatic carbocycles. The van der Waals surface area contributed by atoms with Crippen molar-refractivity contribution >= 4 is 28.8 Å². The molecule has 0 heterocycles. The van der Waals surface area contributed by atoms with Crippen LogP contribution in [0.3, 0.4) is 0 Å². The minimum absolute atomic E-state index is 0.350. The minimum atomic E-state index is 0.350. The lowest BCUT2D eigenvalue weighted by atomic mass is 10.2. The molecule has 0 aliphatic heterocycles. The van der Waals surface area contributed by atoms with Gasteiger partial charge in [0, 0.05) is 5.69 Å². The molecule has 0 radical (unpaired) electrons. The molecule has 0 aliphatic carbocycles. The van der Waals surface area contributed by atoms with E-state index in [1.54, 1.807) is 0 Å². The largest absolute Gasteiger partial charge is 0.343 e. The van der Waals surface area contributed by atoms with Crippen molar-refractivity contribution in [2.75, 3.05) is 11.2 Å². The number of benzene rings is 2. The molecule has 2 aromatic rings. The monoisotopic (exact) mass is 272 g/mol. The van der Waals surface area contributed by atoms with Crippen molar-refractivity contribution in [1.82, 2.24) is 0 Å². The normalized spacial score (nSPS) is 11.4. The van der Waals surface area contributed by atoms with Gasteiger partial charge in [-0.15, -0.1) is 11.6 Å². The van der Waals surface area contributed by atoms with Crippen LogP contribution in [0.25, 0.3) is 0 Å². The highest BCUT2D eigenvalue weighted by atomic mass is 35.5. The lowest BCUT2D eigenvalue weighted by molar-refractivity contribution is 1.37. The molecule has 0 fully saturated rings. The summed E-state index contributed by atoms with van der Waals surface area (Å²) in [7, 11) is 0. The van der Waals surface area contributed by atoms with E-state index in [1.165, 1.54) is 5.56 Å². The molecule has 0 amide bonds. The van der Waals surface area contributed by atoms with Crippen LogP contribution in [0.5, 0.6) is 0 Å². The van der Waals surface area contributed by atoms with Crippen LogP contribution >= 0.6 is 11.6 Å². The average Bonchev–Trinajstić information content (AvgIpc) is 2.42. The van der Waals surface area contributed by atoms with Crippen LogP contribution < -0.4 is 5.32 Å². The van der Waals surface area contributed by atoms with Crippen molar-refractivity contribution < 1.29 is 0 Å². The molecular formula is C16H17ClN2. The third kappa shape index (κ3) is 3.58. The minimum Gasteiger partial charge on any atom is -0.343 e. The molecule has 0 saturated heterocycles. The molecule has 0 unspecified atom stereocenters. The quantitative estimate of drug-likeness (QED) is 0.489. The van der Waals surface area contributed by atoms with Gasteiger partial charge >= 0.3 is 0 Å². The third-order valence-electron chi connectivity index (χ3n) is 2.92. The molecule has 2 nitrogen and oxygen atoms in total. The number of nitrogens with one attached hydrogen (secondary N) is 1. The Morgan fingerprint density at radius 3 is 2.26 bits per heavy atom. The van der Waals surface area contributed by atoms with Crippen LogP contribution in [-0.4, -0.2) is 11.7 Å². The summed E-state index contributed by atoms with van der Waals surface area (Å²) in [5.41, 5.74) is 4.29. The highest BCUT2D eigenvalue weighted by molar-refractivity contribution is 6.30. The fourth-order valence-electron chi connectivity index (χ4n) is 1.79. The zero-order valence-corrected chi connectivity index (χ0v) is 11.9. The number of hydrogen-bond acceptors (Lipinski definition) is 1. The molecule has 2 rings (SSSR count). The van der Waals surface area contributed by atoms with Crippen LogP contribution in [0.4, 0.5) is 11.4 Å².